The van der Waals surface area contributed by atoms with E-state index in [2.05, 4.69) is 20.8 Å². The molecule has 0 saturated carbocycles. The first-order valence-electron chi connectivity index (χ1n) is 13.7. The summed E-state index contributed by atoms with van der Waals surface area (Å²) in [5.74, 6) is -7.65. The van der Waals surface area contributed by atoms with Gasteiger partial charge in [0.1, 0.15) is 18.0 Å². The number of carboxylic acids is 2. The van der Waals surface area contributed by atoms with Crippen LogP contribution in [-0.4, -0.2) is 140 Å². The number of methoxy groups -OCH3 is 1. The molecule has 19 heteroatoms. The number of carbonyl (C=O) groups excluding carboxylic acids is 3. The van der Waals surface area contributed by atoms with Crippen molar-refractivity contribution in [1.29, 1.82) is 0 Å². The molecule has 248 valence electrons. The fourth-order valence-electron chi connectivity index (χ4n) is 5.05. The first kappa shape index (κ1) is 34.3. The molecule has 4 rings (SSSR count). The van der Waals surface area contributed by atoms with E-state index in [-0.39, 0.29) is 46.0 Å². The number of fused-ring (bicyclic) bond motifs is 1. The highest BCUT2D eigenvalue weighted by Crippen LogP contribution is 2.41. The Hall–Kier alpha value is -4.59. The Bertz CT molecular complexity index is 1560. The lowest BCUT2D eigenvalue weighted by Crippen LogP contribution is -2.82. The number of carbonyl (C=O) groups is 5. The summed E-state index contributed by atoms with van der Waals surface area (Å²) in [5.41, 5.74) is -2.28. The number of phenolic OH excluding ortho intramolecular Hbond substituents is 1. The molecule has 4 atom stereocenters. The fourth-order valence-corrected chi connectivity index (χ4v) is 5.89. The highest BCUT2D eigenvalue weighted by atomic mass is 32.2. The number of hydrogen-bond acceptors (Lipinski definition) is 13. The lowest BCUT2D eigenvalue weighted by atomic mass is 9.92. The normalized spacial score (nSPS) is 20.8. The van der Waals surface area contributed by atoms with Crippen LogP contribution in [0.5, 0.6) is 5.75 Å². The van der Waals surface area contributed by atoms with Gasteiger partial charge in [-0.3, -0.25) is 24.1 Å². The van der Waals surface area contributed by atoms with Crippen LogP contribution in [0.3, 0.4) is 0 Å². The van der Waals surface area contributed by atoms with Crippen LogP contribution in [0.1, 0.15) is 17.9 Å². The topological polar surface area (TPSA) is 233 Å². The van der Waals surface area contributed by atoms with Gasteiger partial charge in [0, 0.05) is 19.9 Å². The van der Waals surface area contributed by atoms with Gasteiger partial charge in [0.05, 0.1) is 34.2 Å². The number of amides is 2. The van der Waals surface area contributed by atoms with Crippen LogP contribution in [0, 0.1) is 0 Å². The first-order chi connectivity index (χ1) is 21.6. The van der Waals surface area contributed by atoms with Crippen molar-refractivity contribution in [3.8, 4) is 5.75 Å². The van der Waals surface area contributed by atoms with Crippen molar-refractivity contribution in [2.75, 3.05) is 47.2 Å². The molecule has 2 aliphatic rings. The van der Waals surface area contributed by atoms with Crippen molar-refractivity contribution >= 4 is 41.5 Å². The van der Waals surface area contributed by atoms with Gasteiger partial charge in [-0.1, -0.05) is 23.9 Å². The third kappa shape index (κ3) is 7.11. The maximum atomic E-state index is 13.8. The maximum Gasteiger partial charge on any atom is 0.352 e. The molecule has 2 aliphatic heterocycles. The van der Waals surface area contributed by atoms with Crippen LogP contribution in [0.2, 0.25) is 0 Å². The molecule has 1 aromatic heterocycles. The average Bonchev–Trinajstić information content (AvgIpc) is 3.38. The van der Waals surface area contributed by atoms with Crippen LogP contribution in [0.4, 0.5) is 0 Å². The summed E-state index contributed by atoms with van der Waals surface area (Å²) in [6, 6.07) is 5.05. The van der Waals surface area contributed by atoms with Crippen LogP contribution in [0.25, 0.3) is 0 Å². The molecule has 0 spiro atoms. The molecule has 18 nitrogen and oxygen atoms in total. The molecule has 2 unspecified atom stereocenters. The molecule has 2 aromatic rings. The van der Waals surface area contributed by atoms with E-state index >= 15 is 0 Å². The number of hydrogen-bond donors (Lipinski definition) is 4. The number of aryl methyl sites for hydroxylation is 1. The van der Waals surface area contributed by atoms with E-state index in [1.54, 1.807) is 28.2 Å². The van der Waals surface area contributed by atoms with Gasteiger partial charge < -0.3 is 39.3 Å². The van der Waals surface area contributed by atoms with Crippen LogP contribution in [-0.2, 0) is 45.2 Å². The zero-order valence-corrected chi connectivity index (χ0v) is 26.4. The van der Waals surface area contributed by atoms with Crippen molar-refractivity contribution in [3.05, 3.63) is 41.1 Å². The fraction of sp³-hybridized carbons (Fsp3) is 0.481. The van der Waals surface area contributed by atoms with Gasteiger partial charge in [-0.05, 0) is 33.7 Å². The van der Waals surface area contributed by atoms with Gasteiger partial charge in [-0.15, -0.1) is 5.10 Å². The second-order valence-electron chi connectivity index (χ2n) is 11.6. The number of benzene rings is 1. The number of esters is 1. The van der Waals surface area contributed by atoms with E-state index in [1.807, 2.05) is 0 Å². The Morgan fingerprint density at radius 1 is 1.20 bits per heavy atom. The molecule has 2 amide bonds. The molecule has 0 aliphatic carbocycles. The predicted molar refractivity (Wildman–Crippen MR) is 155 cm³/mol. The Balaban J connectivity index is 1.61. The second-order valence-corrected chi connectivity index (χ2v) is 12.5. The summed E-state index contributed by atoms with van der Waals surface area (Å²) in [4.78, 5) is 65.7. The van der Waals surface area contributed by atoms with Crippen molar-refractivity contribution in [3.63, 3.8) is 0 Å². The standard InChI is InChI=1S/C27H33N7O11S/c1-32-26(29-30-31-32)46-13-15-12-44-25-27(43-5,24(42)33(25)20(15)22(39)40)28-21(38)19(14-6-8-16(35)9-7-14)23(41)45-17(10-18(36)37)11-34(2,3)4/h6-9,17,19,25H,10-13H2,1-5H3,(H3-,28,35,36,37,38,39,40)/p+1/t17?,19?,25-,27+/m1/s1. The number of tetrazole rings is 1. The molecular weight excluding hydrogens is 630 g/mol. The predicted octanol–water partition coefficient (Wildman–Crippen LogP) is -1.12. The number of phenols is 1. The molecule has 4 N–H and O–H groups in total. The minimum Gasteiger partial charge on any atom is -0.508 e. The molecule has 1 fully saturated rings. The van der Waals surface area contributed by atoms with E-state index < -0.39 is 60.1 Å². The van der Waals surface area contributed by atoms with Gasteiger partial charge >= 0.3 is 17.9 Å². The monoisotopic (exact) mass is 664 g/mol. The SMILES string of the molecule is CO[C@@]1(NC(=O)C(C(=O)OC(CC(=O)O)C[N+](C)(C)C)c2ccc(O)cc2)C(=O)N2C(C(=O)O)=C(CSc3nnnn3C)CO[C@@H]21. The molecule has 0 radical (unpaired) electrons. The minimum absolute atomic E-state index is 0.0581. The number of aliphatic carboxylic acids is 2. The molecule has 46 heavy (non-hydrogen) atoms. The summed E-state index contributed by atoms with van der Waals surface area (Å²) in [7, 11) is 8.01. The summed E-state index contributed by atoms with van der Waals surface area (Å²) in [6.07, 6.45) is -3.07. The Morgan fingerprint density at radius 3 is 2.41 bits per heavy atom. The zero-order chi connectivity index (χ0) is 34.0. The molecule has 1 aromatic carbocycles. The highest BCUT2D eigenvalue weighted by Gasteiger charge is 2.68. The van der Waals surface area contributed by atoms with Crippen molar-refractivity contribution in [2.24, 2.45) is 7.05 Å². The number of nitrogens with zero attached hydrogens (tertiary/aromatic N) is 6. The van der Waals surface area contributed by atoms with Gasteiger partial charge in [0.2, 0.25) is 11.1 Å². The van der Waals surface area contributed by atoms with Crippen LogP contribution >= 0.6 is 11.8 Å². The largest absolute Gasteiger partial charge is 0.508 e. The highest BCUT2D eigenvalue weighted by molar-refractivity contribution is 7.99. The lowest BCUT2D eigenvalue weighted by molar-refractivity contribution is -0.873. The third-order valence-electron chi connectivity index (χ3n) is 7.06. The van der Waals surface area contributed by atoms with E-state index in [9.17, 15) is 39.3 Å². The Kier molecular flexibility index (Phi) is 10.00. The van der Waals surface area contributed by atoms with E-state index in [0.717, 1.165) is 23.8 Å². The minimum atomic E-state index is -2.22. The van der Waals surface area contributed by atoms with E-state index in [0.29, 0.717) is 5.16 Å². The van der Waals surface area contributed by atoms with Crippen LogP contribution < -0.4 is 5.32 Å². The number of nitrogens with one attached hydrogen (secondary N) is 1. The lowest BCUT2D eigenvalue weighted by Gasteiger charge is -2.55. The zero-order valence-electron chi connectivity index (χ0n) is 25.6. The van der Waals surface area contributed by atoms with Gasteiger partial charge in [0.15, 0.2) is 18.2 Å². The van der Waals surface area contributed by atoms with Crippen LogP contribution in [0.15, 0.2) is 40.7 Å². The van der Waals surface area contributed by atoms with Gasteiger partial charge in [-0.25, -0.2) is 9.48 Å². The molecular formula is C27H34N7O11S+. The number of likely N-dealkylation sites (N-methyl/N-ethyl adjacent to an activating group) is 1. The number of carboxylic acid groups (broad SMARTS) is 2. The number of ether oxygens (including phenoxy) is 3. The molecule has 1 saturated heterocycles. The first-order valence-corrected chi connectivity index (χ1v) is 14.7. The number of thioether (sulfide) groups is 1. The quantitative estimate of drug-likeness (QED) is 0.0468. The summed E-state index contributed by atoms with van der Waals surface area (Å²) in [5, 5.41) is 43.1. The van der Waals surface area contributed by atoms with E-state index in [1.165, 1.54) is 28.9 Å². The second kappa shape index (κ2) is 13.4. The van der Waals surface area contributed by atoms with Crippen molar-refractivity contribution < 1.29 is 58.0 Å². The Labute approximate surface area is 266 Å². The van der Waals surface area contributed by atoms with E-state index in [4.69, 9.17) is 14.2 Å². The van der Waals surface area contributed by atoms with Gasteiger partial charge in [0.25, 0.3) is 11.6 Å². The number of β-lactam (4-membered cyclic amide) rings is 1. The summed E-state index contributed by atoms with van der Waals surface area (Å²) >= 11 is 1.12. The Morgan fingerprint density at radius 2 is 1.87 bits per heavy atom. The number of aromatic nitrogens is 4. The van der Waals surface area contributed by atoms with Gasteiger partial charge in [-0.2, -0.15) is 0 Å². The number of aromatic hydroxyl groups is 1. The maximum absolute atomic E-state index is 13.8. The molecule has 0 bridgehead atoms. The summed E-state index contributed by atoms with van der Waals surface area (Å²) < 4.78 is 18.4. The number of quaternary nitrogens is 1. The summed E-state index contributed by atoms with van der Waals surface area (Å²) in [6.45, 7) is -0.147. The van der Waals surface area contributed by atoms with Crippen molar-refractivity contribution in [2.45, 2.75) is 35.6 Å². The average molecular weight is 665 g/mol. The third-order valence-corrected chi connectivity index (χ3v) is 8.16. The smallest absolute Gasteiger partial charge is 0.352 e. The number of rotatable bonds is 14. The molecule has 3 heterocycles. The van der Waals surface area contributed by atoms with Crippen molar-refractivity contribution in [1.82, 2.24) is 30.4 Å².